The van der Waals surface area contributed by atoms with Crippen LogP contribution in [0.15, 0.2) is 0 Å². The molecule has 1 saturated carbocycles. The number of piperidine rings is 1. The van der Waals surface area contributed by atoms with Gasteiger partial charge in [0.2, 0.25) is 5.91 Å². The highest BCUT2D eigenvalue weighted by Gasteiger charge is 2.41. The topological polar surface area (TPSA) is 41.1 Å². The lowest BCUT2D eigenvalue weighted by Gasteiger charge is -2.39. The monoisotopic (exact) mass is 252 g/mol. The highest BCUT2D eigenvalue weighted by molar-refractivity contribution is 5.83. The molecule has 0 spiro atoms. The van der Waals surface area contributed by atoms with Gasteiger partial charge in [0.25, 0.3) is 0 Å². The summed E-state index contributed by atoms with van der Waals surface area (Å²) in [5.41, 5.74) is 0.333. The van der Waals surface area contributed by atoms with E-state index >= 15 is 0 Å². The molecule has 104 valence electrons. The van der Waals surface area contributed by atoms with Gasteiger partial charge in [-0.25, -0.2) is 0 Å². The van der Waals surface area contributed by atoms with Crippen LogP contribution in [0.1, 0.15) is 59.8 Å². The summed E-state index contributed by atoms with van der Waals surface area (Å²) in [7, 11) is 0. The number of rotatable bonds is 2. The minimum atomic E-state index is -0.0253. The Bertz CT molecular complexity index is 322. The van der Waals surface area contributed by atoms with Crippen molar-refractivity contribution in [1.82, 2.24) is 10.6 Å². The molecule has 1 amide bonds. The third kappa shape index (κ3) is 2.71. The van der Waals surface area contributed by atoms with Crippen molar-refractivity contribution in [2.24, 2.45) is 10.8 Å². The maximum Gasteiger partial charge on any atom is 0.237 e. The lowest BCUT2D eigenvalue weighted by molar-refractivity contribution is -0.128. The zero-order chi connectivity index (χ0) is 13.4. The fraction of sp³-hybridized carbons (Fsp3) is 0.933. The van der Waals surface area contributed by atoms with E-state index < -0.39 is 0 Å². The van der Waals surface area contributed by atoms with Crippen molar-refractivity contribution in [1.29, 1.82) is 0 Å². The third-order valence-electron chi connectivity index (χ3n) is 4.96. The smallest absolute Gasteiger partial charge is 0.237 e. The summed E-state index contributed by atoms with van der Waals surface area (Å²) >= 11 is 0. The summed E-state index contributed by atoms with van der Waals surface area (Å²) in [6.07, 6.45) is 5.89. The Morgan fingerprint density at radius 1 is 1.11 bits per heavy atom. The molecule has 1 aliphatic heterocycles. The largest absolute Gasteiger partial charge is 0.351 e. The van der Waals surface area contributed by atoms with Crippen LogP contribution in [-0.2, 0) is 4.79 Å². The molecule has 18 heavy (non-hydrogen) atoms. The lowest BCUT2D eigenvalue weighted by atomic mass is 9.77. The van der Waals surface area contributed by atoms with Gasteiger partial charge in [-0.2, -0.15) is 0 Å². The maximum absolute atomic E-state index is 12.5. The van der Waals surface area contributed by atoms with E-state index in [1.807, 2.05) is 0 Å². The number of nitrogens with one attached hydrogen (secondary N) is 2. The Morgan fingerprint density at radius 2 is 1.78 bits per heavy atom. The molecular formula is C15H28N2O. The SMILES string of the molecule is CC1(C)CCCC1NC(=O)C1NCCCC1(C)C. The number of carbonyl (C=O) groups is 1. The quantitative estimate of drug-likeness (QED) is 0.792. The Kier molecular flexibility index (Phi) is 3.72. The third-order valence-corrected chi connectivity index (χ3v) is 4.96. The first-order valence-corrected chi connectivity index (χ1v) is 7.37. The maximum atomic E-state index is 12.5. The number of amides is 1. The molecule has 1 saturated heterocycles. The van der Waals surface area contributed by atoms with E-state index in [9.17, 15) is 4.79 Å². The molecule has 1 heterocycles. The average molecular weight is 252 g/mol. The van der Waals surface area contributed by atoms with E-state index in [2.05, 4.69) is 38.3 Å². The van der Waals surface area contributed by atoms with E-state index in [0.717, 1.165) is 19.4 Å². The van der Waals surface area contributed by atoms with Gasteiger partial charge < -0.3 is 10.6 Å². The first kappa shape index (κ1) is 13.9. The summed E-state index contributed by atoms with van der Waals surface area (Å²) in [6.45, 7) is 9.90. The molecule has 2 atom stereocenters. The molecule has 3 heteroatoms. The van der Waals surface area contributed by atoms with E-state index in [-0.39, 0.29) is 22.8 Å². The van der Waals surface area contributed by atoms with Gasteiger partial charge in [0, 0.05) is 6.04 Å². The molecule has 2 aliphatic rings. The van der Waals surface area contributed by atoms with Crippen LogP contribution < -0.4 is 10.6 Å². The number of carbonyl (C=O) groups excluding carboxylic acids is 1. The molecule has 2 N–H and O–H groups in total. The molecule has 0 aromatic heterocycles. The molecule has 1 aliphatic carbocycles. The van der Waals surface area contributed by atoms with Crippen molar-refractivity contribution in [3.05, 3.63) is 0 Å². The molecule has 2 unspecified atom stereocenters. The summed E-state index contributed by atoms with van der Waals surface area (Å²) in [4.78, 5) is 12.5. The molecule has 2 fully saturated rings. The van der Waals surface area contributed by atoms with E-state index in [4.69, 9.17) is 0 Å². The Hall–Kier alpha value is -0.570. The molecule has 0 bridgehead atoms. The van der Waals surface area contributed by atoms with Crippen LogP contribution in [-0.4, -0.2) is 24.5 Å². The van der Waals surface area contributed by atoms with Crippen molar-refractivity contribution >= 4 is 5.91 Å². The summed E-state index contributed by atoms with van der Waals surface area (Å²) < 4.78 is 0. The second-order valence-electron chi connectivity index (χ2n) is 7.42. The van der Waals surface area contributed by atoms with Crippen LogP contribution in [0.2, 0.25) is 0 Å². The second-order valence-corrected chi connectivity index (χ2v) is 7.42. The van der Waals surface area contributed by atoms with Gasteiger partial charge in [-0.05, 0) is 43.1 Å². The first-order chi connectivity index (χ1) is 8.33. The molecular weight excluding hydrogens is 224 g/mol. The van der Waals surface area contributed by atoms with Crippen molar-refractivity contribution < 1.29 is 4.79 Å². The normalized spacial score (nSPS) is 34.2. The van der Waals surface area contributed by atoms with Crippen molar-refractivity contribution in [2.45, 2.75) is 71.9 Å². The molecule has 0 aromatic rings. The summed E-state index contributed by atoms with van der Waals surface area (Å²) in [5.74, 6) is 0.208. The minimum Gasteiger partial charge on any atom is -0.351 e. The Morgan fingerprint density at radius 3 is 2.33 bits per heavy atom. The van der Waals surface area contributed by atoms with Gasteiger partial charge in [-0.15, -0.1) is 0 Å². The van der Waals surface area contributed by atoms with Crippen LogP contribution in [0.25, 0.3) is 0 Å². The zero-order valence-electron chi connectivity index (χ0n) is 12.3. The summed E-state index contributed by atoms with van der Waals surface area (Å²) in [6, 6.07) is 0.326. The number of hydrogen-bond donors (Lipinski definition) is 2. The van der Waals surface area contributed by atoms with Crippen LogP contribution in [0.5, 0.6) is 0 Å². The average Bonchev–Trinajstić information content (AvgIpc) is 2.57. The number of hydrogen-bond acceptors (Lipinski definition) is 2. The predicted octanol–water partition coefficient (Wildman–Crippen LogP) is 2.46. The van der Waals surface area contributed by atoms with Gasteiger partial charge in [-0.3, -0.25) is 4.79 Å². The van der Waals surface area contributed by atoms with E-state index in [1.165, 1.54) is 19.3 Å². The minimum absolute atomic E-state index is 0.0253. The van der Waals surface area contributed by atoms with Crippen molar-refractivity contribution in [3.8, 4) is 0 Å². The Labute approximate surface area is 111 Å². The van der Waals surface area contributed by atoms with Gasteiger partial charge >= 0.3 is 0 Å². The molecule has 0 aromatic carbocycles. The molecule has 3 nitrogen and oxygen atoms in total. The standard InChI is InChI=1S/C15H28N2O/c1-14(2)8-5-7-11(14)17-13(18)12-15(3,4)9-6-10-16-12/h11-12,16H,5-10H2,1-4H3,(H,17,18). The second kappa shape index (κ2) is 4.84. The predicted molar refractivity (Wildman–Crippen MR) is 74.4 cm³/mol. The first-order valence-electron chi connectivity index (χ1n) is 7.37. The molecule has 0 radical (unpaired) electrons. The molecule has 2 rings (SSSR count). The Balaban J connectivity index is 1.99. The highest BCUT2D eigenvalue weighted by Crippen LogP contribution is 2.38. The fourth-order valence-corrected chi connectivity index (χ4v) is 3.51. The van der Waals surface area contributed by atoms with Crippen molar-refractivity contribution in [2.75, 3.05) is 6.54 Å². The van der Waals surface area contributed by atoms with Crippen LogP contribution >= 0.6 is 0 Å². The fourth-order valence-electron chi connectivity index (χ4n) is 3.51. The van der Waals surface area contributed by atoms with Crippen LogP contribution in [0.3, 0.4) is 0 Å². The van der Waals surface area contributed by atoms with E-state index in [1.54, 1.807) is 0 Å². The lowest BCUT2D eigenvalue weighted by Crippen LogP contribution is -2.58. The van der Waals surface area contributed by atoms with Crippen LogP contribution in [0, 0.1) is 10.8 Å². The van der Waals surface area contributed by atoms with Gasteiger partial charge in [0.05, 0.1) is 6.04 Å². The summed E-state index contributed by atoms with van der Waals surface area (Å²) in [5, 5.41) is 6.69. The van der Waals surface area contributed by atoms with E-state index in [0.29, 0.717) is 6.04 Å². The van der Waals surface area contributed by atoms with Gasteiger partial charge in [0.1, 0.15) is 0 Å². The van der Waals surface area contributed by atoms with Crippen LogP contribution in [0.4, 0.5) is 0 Å². The van der Waals surface area contributed by atoms with Gasteiger partial charge in [-0.1, -0.05) is 34.1 Å². The highest BCUT2D eigenvalue weighted by atomic mass is 16.2. The van der Waals surface area contributed by atoms with Gasteiger partial charge in [0.15, 0.2) is 0 Å². The zero-order valence-corrected chi connectivity index (χ0v) is 12.3. The van der Waals surface area contributed by atoms with Crippen molar-refractivity contribution in [3.63, 3.8) is 0 Å².